The molecule has 0 unspecified atom stereocenters. The number of carboxylic acids is 1. The summed E-state index contributed by atoms with van der Waals surface area (Å²) < 4.78 is 18.8. The van der Waals surface area contributed by atoms with E-state index in [0.717, 1.165) is 0 Å². The zero-order valence-electron chi connectivity index (χ0n) is 9.51. The highest BCUT2D eigenvalue weighted by Crippen LogP contribution is 2.34. The third kappa shape index (κ3) is 2.48. The van der Waals surface area contributed by atoms with Crippen LogP contribution < -0.4 is 4.74 Å². The molecule has 0 saturated heterocycles. The summed E-state index contributed by atoms with van der Waals surface area (Å²) in [7, 11) is 1.45. The molecule has 1 heterocycles. The van der Waals surface area contributed by atoms with E-state index in [4.69, 9.17) is 9.84 Å². The number of rotatable bonds is 4. The number of aliphatic carboxylic acids is 1. The minimum atomic E-state index is -0.965. The zero-order valence-corrected chi connectivity index (χ0v) is 10.3. The van der Waals surface area contributed by atoms with Gasteiger partial charge in [0.25, 0.3) is 0 Å². The van der Waals surface area contributed by atoms with Crippen LogP contribution >= 0.6 is 11.3 Å². The number of thiazole rings is 1. The van der Waals surface area contributed by atoms with Gasteiger partial charge in [0.2, 0.25) is 0 Å². The quantitative estimate of drug-likeness (QED) is 0.925. The Bertz CT molecular complexity index is 582. The Balaban J connectivity index is 2.42. The summed E-state index contributed by atoms with van der Waals surface area (Å²) in [6.45, 7) is 0. The lowest BCUT2D eigenvalue weighted by Gasteiger charge is -2.06. The molecular weight excluding hydrogens is 257 g/mol. The molecule has 4 nitrogen and oxygen atoms in total. The van der Waals surface area contributed by atoms with Crippen LogP contribution in [0, 0.1) is 5.82 Å². The number of nitrogens with zero attached hydrogens (tertiary/aromatic N) is 1. The van der Waals surface area contributed by atoms with Gasteiger partial charge in [-0.15, -0.1) is 11.3 Å². The molecule has 2 rings (SSSR count). The largest absolute Gasteiger partial charge is 0.496 e. The molecule has 6 heteroatoms. The Hall–Kier alpha value is -1.95. The van der Waals surface area contributed by atoms with Crippen LogP contribution in [0.3, 0.4) is 0 Å². The number of carboxylic acid groups (broad SMARTS) is 1. The molecule has 0 aliphatic heterocycles. The Kier molecular flexibility index (Phi) is 3.57. The molecule has 18 heavy (non-hydrogen) atoms. The summed E-state index contributed by atoms with van der Waals surface area (Å²) in [6, 6.07) is 4.50. The van der Waals surface area contributed by atoms with E-state index < -0.39 is 11.8 Å². The standard InChI is InChI=1S/C12H10FNO3S/c1-17-9-4-2-3-8(13)11(9)12-14-7(6-18-12)5-10(15)16/h2-4,6H,5H2,1H3,(H,15,16). The van der Waals surface area contributed by atoms with Gasteiger partial charge < -0.3 is 9.84 Å². The number of aromatic nitrogens is 1. The Morgan fingerprint density at radius 1 is 1.56 bits per heavy atom. The van der Waals surface area contributed by atoms with E-state index in [0.29, 0.717) is 16.5 Å². The van der Waals surface area contributed by atoms with Gasteiger partial charge in [-0.05, 0) is 12.1 Å². The molecule has 0 spiro atoms. The van der Waals surface area contributed by atoms with Gasteiger partial charge in [-0.25, -0.2) is 9.37 Å². The lowest BCUT2D eigenvalue weighted by molar-refractivity contribution is -0.136. The Morgan fingerprint density at radius 3 is 3.00 bits per heavy atom. The summed E-state index contributed by atoms with van der Waals surface area (Å²) in [5, 5.41) is 10.7. The zero-order chi connectivity index (χ0) is 13.1. The molecule has 0 fully saturated rings. The number of benzene rings is 1. The van der Waals surface area contributed by atoms with Crippen LogP contribution in [0.4, 0.5) is 4.39 Å². The van der Waals surface area contributed by atoms with Crippen molar-refractivity contribution in [2.24, 2.45) is 0 Å². The van der Waals surface area contributed by atoms with Crippen LogP contribution in [0.15, 0.2) is 23.6 Å². The van der Waals surface area contributed by atoms with Crippen LogP contribution in [0.5, 0.6) is 5.75 Å². The number of hydrogen-bond acceptors (Lipinski definition) is 4. The van der Waals surface area contributed by atoms with Crippen LogP contribution in [0.1, 0.15) is 5.69 Å². The summed E-state index contributed by atoms with van der Waals surface area (Å²) in [6.07, 6.45) is -0.173. The van der Waals surface area contributed by atoms with Crippen molar-refractivity contribution in [2.75, 3.05) is 7.11 Å². The molecule has 0 atom stereocenters. The van der Waals surface area contributed by atoms with Gasteiger partial charge in [0.1, 0.15) is 16.6 Å². The number of ether oxygens (including phenoxy) is 1. The van der Waals surface area contributed by atoms with Crippen molar-refractivity contribution in [1.82, 2.24) is 4.98 Å². The van der Waals surface area contributed by atoms with Crippen molar-refractivity contribution in [3.63, 3.8) is 0 Å². The second-order valence-corrected chi connectivity index (χ2v) is 4.39. The molecule has 1 aromatic heterocycles. The fourth-order valence-corrected chi connectivity index (χ4v) is 2.41. The van der Waals surface area contributed by atoms with E-state index >= 15 is 0 Å². The van der Waals surface area contributed by atoms with E-state index in [1.54, 1.807) is 17.5 Å². The molecule has 1 aromatic carbocycles. The maximum atomic E-state index is 13.8. The number of carbonyl (C=O) groups is 1. The normalized spacial score (nSPS) is 10.3. The molecule has 0 aliphatic rings. The predicted octanol–water partition coefficient (Wildman–Crippen LogP) is 2.58. The van der Waals surface area contributed by atoms with E-state index in [2.05, 4.69) is 4.98 Å². The van der Waals surface area contributed by atoms with Crippen molar-refractivity contribution in [1.29, 1.82) is 0 Å². The van der Waals surface area contributed by atoms with E-state index in [1.165, 1.54) is 24.5 Å². The lowest BCUT2D eigenvalue weighted by atomic mass is 10.2. The molecule has 94 valence electrons. The van der Waals surface area contributed by atoms with Crippen molar-refractivity contribution in [3.8, 4) is 16.3 Å². The van der Waals surface area contributed by atoms with Crippen LogP contribution in [0.25, 0.3) is 10.6 Å². The van der Waals surface area contributed by atoms with Crippen molar-refractivity contribution in [2.45, 2.75) is 6.42 Å². The van der Waals surface area contributed by atoms with Gasteiger partial charge in [0, 0.05) is 5.38 Å². The summed E-state index contributed by atoms with van der Waals surface area (Å²) in [5.74, 6) is -1.02. The summed E-state index contributed by atoms with van der Waals surface area (Å²) in [4.78, 5) is 14.7. The van der Waals surface area contributed by atoms with E-state index in [1.807, 2.05) is 0 Å². The maximum absolute atomic E-state index is 13.8. The molecule has 0 amide bonds. The number of methoxy groups -OCH3 is 1. The first-order valence-corrected chi connectivity index (χ1v) is 5.99. The van der Waals surface area contributed by atoms with Crippen LogP contribution in [0.2, 0.25) is 0 Å². The second-order valence-electron chi connectivity index (χ2n) is 3.53. The number of hydrogen-bond donors (Lipinski definition) is 1. The molecule has 2 aromatic rings. The fourth-order valence-electron chi connectivity index (χ4n) is 1.54. The highest BCUT2D eigenvalue weighted by atomic mass is 32.1. The van der Waals surface area contributed by atoms with Gasteiger partial charge in [-0.1, -0.05) is 6.07 Å². The third-order valence-corrected chi connectivity index (χ3v) is 3.20. The van der Waals surface area contributed by atoms with E-state index in [9.17, 15) is 9.18 Å². The smallest absolute Gasteiger partial charge is 0.309 e. The second kappa shape index (κ2) is 5.14. The minimum absolute atomic E-state index is 0.173. The Morgan fingerprint density at radius 2 is 2.33 bits per heavy atom. The first kappa shape index (κ1) is 12.5. The van der Waals surface area contributed by atoms with Gasteiger partial charge in [-0.2, -0.15) is 0 Å². The summed E-state index contributed by atoms with van der Waals surface area (Å²) >= 11 is 1.19. The average Bonchev–Trinajstić information content (AvgIpc) is 2.75. The molecule has 0 bridgehead atoms. The van der Waals surface area contributed by atoms with E-state index in [-0.39, 0.29) is 12.0 Å². The first-order valence-electron chi connectivity index (χ1n) is 5.11. The van der Waals surface area contributed by atoms with Gasteiger partial charge in [0.05, 0.1) is 24.8 Å². The highest BCUT2D eigenvalue weighted by Gasteiger charge is 2.16. The number of halogens is 1. The molecular formula is C12H10FNO3S. The topological polar surface area (TPSA) is 59.4 Å². The maximum Gasteiger partial charge on any atom is 0.309 e. The fraction of sp³-hybridized carbons (Fsp3) is 0.167. The molecule has 0 aliphatic carbocycles. The first-order chi connectivity index (χ1) is 8.61. The molecule has 0 saturated carbocycles. The molecule has 0 radical (unpaired) electrons. The van der Waals surface area contributed by atoms with Gasteiger partial charge in [0.15, 0.2) is 0 Å². The Labute approximate surface area is 107 Å². The van der Waals surface area contributed by atoms with Gasteiger partial charge >= 0.3 is 5.97 Å². The highest BCUT2D eigenvalue weighted by molar-refractivity contribution is 7.13. The van der Waals surface area contributed by atoms with Crippen LogP contribution in [-0.4, -0.2) is 23.2 Å². The average molecular weight is 267 g/mol. The molecule has 1 N–H and O–H groups in total. The predicted molar refractivity (Wildman–Crippen MR) is 65.4 cm³/mol. The van der Waals surface area contributed by atoms with Crippen molar-refractivity contribution in [3.05, 3.63) is 35.1 Å². The summed E-state index contributed by atoms with van der Waals surface area (Å²) in [5.41, 5.74) is 0.675. The minimum Gasteiger partial charge on any atom is -0.496 e. The third-order valence-electron chi connectivity index (χ3n) is 2.29. The monoisotopic (exact) mass is 267 g/mol. The van der Waals surface area contributed by atoms with Gasteiger partial charge in [-0.3, -0.25) is 4.79 Å². The van der Waals surface area contributed by atoms with Crippen molar-refractivity contribution >= 4 is 17.3 Å². The SMILES string of the molecule is COc1cccc(F)c1-c1nc(CC(=O)O)cs1. The van der Waals surface area contributed by atoms with Crippen molar-refractivity contribution < 1.29 is 19.0 Å². The lowest BCUT2D eigenvalue weighted by Crippen LogP contribution is -2.00. The van der Waals surface area contributed by atoms with Crippen LogP contribution in [-0.2, 0) is 11.2 Å².